The zero-order valence-electron chi connectivity index (χ0n) is 21.0. The second-order valence-electron chi connectivity index (χ2n) is 8.65. The predicted octanol–water partition coefficient (Wildman–Crippen LogP) is -0.416. The summed E-state index contributed by atoms with van der Waals surface area (Å²) in [5, 5.41) is -0.568. The van der Waals surface area contributed by atoms with E-state index in [2.05, 4.69) is 0 Å². The van der Waals surface area contributed by atoms with Gasteiger partial charge < -0.3 is 0 Å². The molecule has 12 nitrogen and oxygen atoms in total. The Morgan fingerprint density at radius 1 is 0.553 bits per heavy atom. The van der Waals surface area contributed by atoms with Crippen LogP contribution in [0, 0.1) is 0 Å². The lowest BCUT2D eigenvalue weighted by Gasteiger charge is -2.18. The summed E-state index contributed by atoms with van der Waals surface area (Å²) in [6, 6.07) is 0. The summed E-state index contributed by atoms with van der Waals surface area (Å²) in [4.78, 5) is 96.8. The minimum absolute atomic E-state index is 0.159. The van der Waals surface area contributed by atoms with Crippen LogP contribution in [0.5, 0.6) is 0 Å². The molecule has 0 radical (unpaired) electrons. The van der Waals surface area contributed by atoms with Gasteiger partial charge in [-0.2, -0.15) is 23.5 Å². The molecule has 0 saturated carbocycles. The lowest BCUT2D eigenvalue weighted by atomic mass is 10.3. The number of carbonyl (C=O) groups excluding carboxylic acids is 8. The van der Waals surface area contributed by atoms with Gasteiger partial charge in [-0.1, -0.05) is 0 Å². The van der Waals surface area contributed by atoms with E-state index in [1.165, 1.54) is 57.6 Å². The summed E-state index contributed by atoms with van der Waals surface area (Å²) in [6.45, 7) is 0.967. The van der Waals surface area contributed by atoms with Crippen LogP contribution in [0.15, 0.2) is 24.3 Å². The monoisotopic (exact) mass is 564 g/mol. The molecule has 4 rings (SSSR count). The molecule has 0 aliphatic carbocycles. The van der Waals surface area contributed by atoms with E-state index in [0.29, 0.717) is 12.8 Å². The van der Waals surface area contributed by atoms with Crippen molar-refractivity contribution in [1.82, 2.24) is 19.6 Å². The van der Waals surface area contributed by atoms with Gasteiger partial charge in [-0.05, 0) is 25.4 Å². The van der Waals surface area contributed by atoms with Gasteiger partial charge in [0.2, 0.25) is 23.6 Å². The van der Waals surface area contributed by atoms with Crippen LogP contribution in [0.25, 0.3) is 0 Å². The smallest absolute Gasteiger partial charge is 0.253 e. The highest BCUT2D eigenvalue weighted by Gasteiger charge is 2.40. The fourth-order valence-corrected chi connectivity index (χ4v) is 5.50. The highest BCUT2D eigenvalue weighted by atomic mass is 32.2. The third-order valence-corrected chi connectivity index (χ3v) is 8.18. The van der Waals surface area contributed by atoms with E-state index in [0.717, 1.165) is 9.80 Å². The second-order valence-corrected chi connectivity index (χ2v) is 10.7. The van der Waals surface area contributed by atoms with Crippen LogP contribution in [0.3, 0.4) is 0 Å². The predicted molar refractivity (Wildman–Crippen MR) is 138 cm³/mol. The van der Waals surface area contributed by atoms with Gasteiger partial charge in [-0.25, -0.2) is 0 Å². The third kappa shape index (κ3) is 6.59. The molecule has 4 aliphatic heterocycles. The van der Waals surface area contributed by atoms with Crippen LogP contribution in [0.1, 0.15) is 25.7 Å². The Labute approximate surface area is 227 Å². The summed E-state index contributed by atoms with van der Waals surface area (Å²) >= 11 is 2.75. The lowest BCUT2D eigenvalue weighted by Crippen LogP contribution is -2.37. The molecule has 2 saturated heterocycles. The number of likely N-dealkylation sites (tertiary alicyclic amines) is 2. The van der Waals surface area contributed by atoms with Crippen molar-refractivity contribution >= 4 is 70.8 Å². The maximum Gasteiger partial charge on any atom is 0.253 e. The summed E-state index contributed by atoms with van der Waals surface area (Å²) < 4.78 is 0. The standard InChI is InChI=1S/C13H18N2O4S2.C11H10N2O4/c1-20-8-6-10(16)14(12(8)18)4-3-5-15-11(17)7-9(21-2)13(15)19;14-8-2-3-9(15)12(8)6-1-7-13-10(16)4-5-11(13)17/h8-9H,3-7H2,1-2H3;2-5H,1,6-7H2. The topological polar surface area (TPSA) is 150 Å². The zero-order chi connectivity index (χ0) is 28.0. The van der Waals surface area contributed by atoms with Gasteiger partial charge in [0, 0.05) is 63.3 Å². The molecule has 2 unspecified atom stereocenters. The molecule has 2 fully saturated rings. The first-order chi connectivity index (χ1) is 18.1. The molecule has 0 aromatic carbocycles. The number of imide groups is 4. The minimum Gasteiger partial charge on any atom is -0.282 e. The van der Waals surface area contributed by atoms with Crippen molar-refractivity contribution in [3.05, 3.63) is 24.3 Å². The first kappa shape index (κ1) is 29.3. The first-order valence-corrected chi connectivity index (χ1v) is 14.5. The van der Waals surface area contributed by atoms with Crippen molar-refractivity contribution in [2.24, 2.45) is 0 Å². The molecule has 0 aromatic rings. The maximum atomic E-state index is 11.9. The van der Waals surface area contributed by atoms with Crippen molar-refractivity contribution in [1.29, 1.82) is 0 Å². The van der Waals surface area contributed by atoms with E-state index >= 15 is 0 Å². The van der Waals surface area contributed by atoms with Crippen molar-refractivity contribution in [2.45, 2.75) is 36.2 Å². The number of carbonyl (C=O) groups is 8. The van der Waals surface area contributed by atoms with E-state index < -0.39 is 0 Å². The molecule has 14 heteroatoms. The van der Waals surface area contributed by atoms with Crippen molar-refractivity contribution in [2.75, 3.05) is 38.7 Å². The normalized spacial score (nSPS) is 23.1. The summed E-state index contributed by atoms with van der Waals surface area (Å²) in [6.07, 6.45) is 9.76. The van der Waals surface area contributed by atoms with Crippen LogP contribution < -0.4 is 0 Å². The number of rotatable bonds is 10. The van der Waals surface area contributed by atoms with Crippen LogP contribution >= 0.6 is 23.5 Å². The van der Waals surface area contributed by atoms with Gasteiger partial charge in [0.25, 0.3) is 23.6 Å². The highest BCUT2D eigenvalue weighted by Crippen LogP contribution is 2.25. The third-order valence-electron chi connectivity index (χ3n) is 6.30. The van der Waals surface area contributed by atoms with Crippen LogP contribution in [-0.4, -0.2) is 116 Å². The average molecular weight is 565 g/mol. The quantitative estimate of drug-likeness (QED) is 0.320. The molecular weight excluding hydrogens is 536 g/mol. The molecule has 38 heavy (non-hydrogen) atoms. The largest absolute Gasteiger partial charge is 0.282 e. The fourth-order valence-electron chi connectivity index (χ4n) is 4.22. The SMILES string of the molecule is CSC1CC(=O)N(CCCN2C(=O)CC(SC)C2=O)C1=O.O=C1C=CC(=O)N1CCCN1C(=O)C=CC1=O. The van der Waals surface area contributed by atoms with Gasteiger partial charge in [0.1, 0.15) is 0 Å². The maximum absolute atomic E-state index is 11.9. The van der Waals surface area contributed by atoms with Gasteiger partial charge in [-0.15, -0.1) is 0 Å². The molecule has 4 heterocycles. The highest BCUT2D eigenvalue weighted by molar-refractivity contribution is 8.00. The van der Waals surface area contributed by atoms with Gasteiger partial charge in [-0.3, -0.25) is 58.0 Å². The lowest BCUT2D eigenvalue weighted by molar-refractivity contribution is -0.141. The Hall–Kier alpha value is -3.26. The molecule has 0 N–H and O–H groups in total. The van der Waals surface area contributed by atoms with E-state index in [1.54, 1.807) is 0 Å². The summed E-state index contributed by atoms with van der Waals surface area (Å²) in [5.41, 5.74) is 0. The zero-order valence-corrected chi connectivity index (χ0v) is 22.6. The van der Waals surface area contributed by atoms with Gasteiger partial charge in [0.15, 0.2) is 0 Å². The molecule has 4 aliphatic rings. The number of amides is 8. The van der Waals surface area contributed by atoms with Crippen LogP contribution in [-0.2, 0) is 38.4 Å². The Balaban J connectivity index is 0.000000215. The molecule has 8 amide bonds. The van der Waals surface area contributed by atoms with Gasteiger partial charge >= 0.3 is 0 Å². The Bertz CT molecular complexity index is 1000. The minimum atomic E-state index is -0.354. The van der Waals surface area contributed by atoms with Crippen molar-refractivity contribution in [3.63, 3.8) is 0 Å². The van der Waals surface area contributed by atoms with Crippen LogP contribution in [0.2, 0.25) is 0 Å². The van der Waals surface area contributed by atoms with E-state index in [1.807, 2.05) is 12.5 Å². The average Bonchev–Trinajstić information content (AvgIpc) is 3.57. The molecular formula is C24H28N4O8S2. The molecule has 2 atom stereocenters. The van der Waals surface area contributed by atoms with E-state index in [-0.39, 0.29) is 96.8 Å². The van der Waals surface area contributed by atoms with E-state index in [9.17, 15) is 38.4 Å². The van der Waals surface area contributed by atoms with Crippen LogP contribution in [0.4, 0.5) is 0 Å². The molecule has 204 valence electrons. The van der Waals surface area contributed by atoms with Gasteiger partial charge in [0.05, 0.1) is 10.5 Å². The number of hydrogen-bond acceptors (Lipinski definition) is 10. The summed E-state index contributed by atoms with van der Waals surface area (Å²) in [7, 11) is 0. The molecule has 0 aromatic heterocycles. The number of thioether (sulfide) groups is 2. The second kappa shape index (κ2) is 13.0. The fraction of sp³-hybridized carbons (Fsp3) is 0.500. The Morgan fingerprint density at radius 2 is 0.842 bits per heavy atom. The van der Waals surface area contributed by atoms with Crippen molar-refractivity contribution < 1.29 is 38.4 Å². The van der Waals surface area contributed by atoms with Crippen molar-refractivity contribution in [3.8, 4) is 0 Å². The summed E-state index contributed by atoms with van der Waals surface area (Å²) in [5.74, 6) is -2.07. The molecule has 0 bridgehead atoms. The Morgan fingerprint density at radius 3 is 1.11 bits per heavy atom. The first-order valence-electron chi connectivity index (χ1n) is 11.9. The molecule has 0 spiro atoms. The van der Waals surface area contributed by atoms with E-state index in [4.69, 9.17) is 0 Å². The Kier molecular flexibility index (Phi) is 10.0. The number of nitrogens with zero attached hydrogens (tertiary/aromatic N) is 4. The number of hydrogen-bond donors (Lipinski definition) is 0.